The van der Waals surface area contributed by atoms with Crippen LogP contribution in [0.15, 0.2) is 18.2 Å². The minimum Gasteiger partial charge on any atom is -0.392 e. The van der Waals surface area contributed by atoms with Gasteiger partial charge in [-0.05, 0) is 37.1 Å². The highest BCUT2D eigenvalue weighted by molar-refractivity contribution is 5.38. The van der Waals surface area contributed by atoms with Gasteiger partial charge in [0.25, 0.3) is 0 Å². The smallest absolute Gasteiger partial charge is 0.0684 e. The van der Waals surface area contributed by atoms with E-state index in [2.05, 4.69) is 24.9 Å². The fraction of sp³-hybridized carbons (Fsp3) is 0.500. The molecule has 1 aromatic carbocycles. The van der Waals surface area contributed by atoms with E-state index in [0.717, 1.165) is 18.5 Å². The van der Waals surface area contributed by atoms with Gasteiger partial charge in [0.05, 0.1) is 6.61 Å². The summed E-state index contributed by atoms with van der Waals surface area (Å²) in [5.74, 6) is 0. The molecule has 0 amide bonds. The molecular formula is C12H17NO. The van der Waals surface area contributed by atoms with Crippen LogP contribution in [0.3, 0.4) is 0 Å². The Morgan fingerprint density at radius 3 is 3.00 bits per heavy atom. The lowest BCUT2D eigenvalue weighted by Gasteiger charge is -2.33. The van der Waals surface area contributed by atoms with Gasteiger partial charge in [0.1, 0.15) is 0 Å². The fourth-order valence-electron chi connectivity index (χ4n) is 2.22. The third-order valence-electron chi connectivity index (χ3n) is 3.31. The summed E-state index contributed by atoms with van der Waals surface area (Å²) in [6, 6.07) is 6.72. The number of benzene rings is 1. The maximum absolute atomic E-state index is 9.23. The Hall–Kier alpha value is -0.860. The second-order valence-corrected chi connectivity index (χ2v) is 4.05. The normalized spacial score (nSPS) is 22.1. The summed E-state index contributed by atoms with van der Waals surface area (Å²) in [5.41, 5.74) is 3.84. The Morgan fingerprint density at radius 1 is 1.50 bits per heavy atom. The zero-order valence-electron chi connectivity index (χ0n) is 8.83. The Kier molecular flexibility index (Phi) is 2.57. The predicted octanol–water partition coefficient (Wildman–Crippen LogP) is 1.73. The molecule has 1 aromatic rings. The third-order valence-corrected chi connectivity index (χ3v) is 3.31. The van der Waals surface area contributed by atoms with Crippen molar-refractivity contribution in [3.8, 4) is 0 Å². The second kappa shape index (κ2) is 3.71. The number of aliphatic hydroxyl groups is 1. The first-order chi connectivity index (χ1) is 6.74. The van der Waals surface area contributed by atoms with Crippen molar-refractivity contribution in [2.45, 2.75) is 26.0 Å². The highest BCUT2D eigenvalue weighted by Gasteiger charge is 2.21. The van der Waals surface area contributed by atoms with Crippen molar-refractivity contribution in [1.82, 2.24) is 4.90 Å². The first-order valence-corrected chi connectivity index (χ1v) is 5.16. The molecule has 0 fully saturated rings. The number of hydrogen-bond acceptors (Lipinski definition) is 2. The van der Waals surface area contributed by atoms with Gasteiger partial charge in [-0.25, -0.2) is 0 Å². The SMILES string of the molecule is CC1c2cccc(CO)c2CCN1C. The minimum absolute atomic E-state index is 0.166. The molecule has 0 aliphatic carbocycles. The molecule has 2 rings (SSSR count). The van der Waals surface area contributed by atoms with E-state index >= 15 is 0 Å². The molecule has 0 bridgehead atoms. The van der Waals surface area contributed by atoms with E-state index in [1.54, 1.807) is 0 Å². The van der Waals surface area contributed by atoms with E-state index in [-0.39, 0.29) is 6.61 Å². The quantitative estimate of drug-likeness (QED) is 0.730. The van der Waals surface area contributed by atoms with Crippen LogP contribution in [-0.2, 0) is 13.0 Å². The topological polar surface area (TPSA) is 23.5 Å². The summed E-state index contributed by atoms with van der Waals surface area (Å²) in [7, 11) is 2.15. The van der Waals surface area contributed by atoms with Crippen molar-refractivity contribution in [1.29, 1.82) is 0 Å². The molecule has 0 spiro atoms. The molecule has 2 nitrogen and oxygen atoms in total. The Balaban J connectivity index is 2.47. The van der Waals surface area contributed by atoms with Gasteiger partial charge in [-0.3, -0.25) is 4.90 Å². The van der Waals surface area contributed by atoms with E-state index in [0.29, 0.717) is 6.04 Å². The highest BCUT2D eigenvalue weighted by Crippen LogP contribution is 2.29. The minimum atomic E-state index is 0.166. The van der Waals surface area contributed by atoms with E-state index in [1.165, 1.54) is 11.1 Å². The first kappa shape index (κ1) is 9.69. The molecule has 2 heteroatoms. The summed E-state index contributed by atoms with van der Waals surface area (Å²) in [6.07, 6.45) is 1.06. The Bertz CT molecular complexity index is 335. The predicted molar refractivity (Wildman–Crippen MR) is 57.1 cm³/mol. The van der Waals surface area contributed by atoms with Crippen LogP contribution in [0.4, 0.5) is 0 Å². The van der Waals surface area contributed by atoms with Gasteiger partial charge in [-0.15, -0.1) is 0 Å². The van der Waals surface area contributed by atoms with Crippen molar-refractivity contribution >= 4 is 0 Å². The standard InChI is InChI=1S/C12H17NO/c1-9-11-5-3-4-10(8-14)12(11)6-7-13(9)2/h3-5,9,14H,6-8H2,1-2H3. The molecular weight excluding hydrogens is 174 g/mol. The van der Waals surface area contributed by atoms with Gasteiger partial charge >= 0.3 is 0 Å². The maximum Gasteiger partial charge on any atom is 0.0684 e. The highest BCUT2D eigenvalue weighted by atomic mass is 16.3. The van der Waals surface area contributed by atoms with Crippen molar-refractivity contribution in [3.05, 3.63) is 34.9 Å². The Labute approximate surface area is 85.2 Å². The van der Waals surface area contributed by atoms with Gasteiger partial charge in [-0.1, -0.05) is 18.2 Å². The summed E-state index contributed by atoms with van der Waals surface area (Å²) in [4.78, 5) is 2.35. The van der Waals surface area contributed by atoms with Crippen molar-refractivity contribution in [2.75, 3.05) is 13.6 Å². The van der Waals surface area contributed by atoms with Gasteiger partial charge in [0, 0.05) is 12.6 Å². The summed E-state index contributed by atoms with van der Waals surface area (Å²) in [6.45, 7) is 3.48. The van der Waals surface area contributed by atoms with Crippen LogP contribution in [0, 0.1) is 0 Å². The fourth-order valence-corrected chi connectivity index (χ4v) is 2.22. The number of likely N-dealkylation sites (N-methyl/N-ethyl adjacent to an activating group) is 1. The van der Waals surface area contributed by atoms with Crippen LogP contribution >= 0.6 is 0 Å². The van der Waals surface area contributed by atoms with Crippen LogP contribution in [0.1, 0.15) is 29.7 Å². The number of nitrogens with zero attached hydrogens (tertiary/aromatic N) is 1. The maximum atomic E-state index is 9.23. The summed E-state index contributed by atoms with van der Waals surface area (Å²) in [5, 5.41) is 9.23. The van der Waals surface area contributed by atoms with Crippen molar-refractivity contribution in [2.24, 2.45) is 0 Å². The third kappa shape index (κ3) is 1.45. The van der Waals surface area contributed by atoms with E-state index in [1.807, 2.05) is 12.1 Å². The van der Waals surface area contributed by atoms with Gasteiger partial charge in [0.2, 0.25) is 0 Å². The van der Waals surface area contributed by atoms with Crippen LogP contribution in [0.5, 0.6) is 0 Å². The zero-order valence-corrected chi connectivity index (χ0v) is 8.83. The molecule has 1 atom stereocenters. The molecule has 76 valence electrons. The lowest BCUT2D eigenvalue weighted by molar-refractivity contribution is 0.241. The molecule has 1 unspecified atom stereocenters. The lowest BCUT2D eigenvalue weighted by atomic mass is 9.90. The average Bonchev–Trinajstić information content (AvgIpc) is 2.23. The van der Waals surface area contributed by atoms with E-state index in [4.69, 9.17) is 0 Å². The van der Waals surface area contributed by atoms with Crippen molar-refractivity contribution < 1.29 is 5.11 Å². The van der Waals surface area contributed by atoms with Crippen LogP contribution in [-0.4, -0.2) is 23.6 Å². The monoisotopic (exact) mass is 191 g/mol. The molecule has 0 saturated carbocycles. The first-order valence-electron chi connectivity index (χ1n) is 5.16. The molecule has 14 heavy (non-hydrogen) atoms. The number of rotatable bonds is 1. The Morgan fingerprint density at radius 2 is 2.29 bits per heavy atom. The van der Waals surface area contributed by atoms with Gasteiger partial charge < -0.3 is 5.11 Å². The lowest BCUT2D eigenvalue weighted by Crippen LogP contribution is -2.31. The molecule has 0 saturated heterocycles. The van der Waals surface area contributed by atoms with Crippen LogP contribution in [0.25, 0.3) is 0 Å². The summed E-state index contributed by atoms with van der Waals surface area (Å²) >= 11 is 0. The summed E-state index contributed by atoms with van der Waals surface area (Å²) < 4.78 is 0. The van der Waals surface area contributed by atoms with Gasteiger partial charge in [-0.2, -0.15) is 0 Å². The molecule has 0 radical (unpaired) electrons. The van der Waals surface area contributed by atoms with Gasteiger partial charge in [0.15, 0.2) is 0 Å². The van der Waals surface area contributed by atoms with E-state index < -0.39 is 0 Å². The molecule has 1 N–H and O–H groups in total. The molecule has 1 aliphatic heterocycles. The van der Waals surface area contributed by atoms with Crippen molar-refractivity contribution in [3.63, 3.8) is 0 Å². The van der Waals surface area contributed by atoms with Crippen LogP contribution in [0.2, 0.25) is 0 Å². The zero-order chi connectivity index (χ0) is 10.1. The van der Waals surface area contributed by atoms with E-state index in [9.17, 15) is 5.11 Å². The number of fused-ring (bicyclic) bond motifs is 1. The largest absolute Gasteiger partial charge is 0.392 e. The number of hydrogen-bond donors (Lipinski definition) is 1. The molecule has 1 aliphatic rings. The molecule has 1 heterocycles. The second-order valence-electron chi connectivity index (χ2n) is 4.05. The van der Waals surface area contributed by atoms with Crippen LogP contribution < -0.4 is 0 Å². The average molecular weight is 191 g/mol. The molecule has 0 aromatic heterocycles. The number of aliphatic hydroxyl groups excluding tert-OH is 1.